The van der Waals surface area contributed by atoms with Gasteiger partial charge in [-0.3, -0.25) is 0 Å². The molecule has 1 nitrogen and oxygen atoms in total. The number of hydrogen-bond acceptors (Lipinski definition) is 1. The van der Waals surface area contributed by atoms with E-state index in [1.807, 2.05) is 0 Å². The van der Waals surface area contributed by atoms with Crippen LogP contribution in [0.4, 0.5) is 8.78 Å². The summed E-state index contributed by atoms with van der Waals surface area (Å²) in [5, 5.41) is 0. The van der Waals surface area contributed by atoms with Crippen LogP contribution in [0.25, 0.3) is 0 Å². The lowest BCUT2D eigenvalue weighted by molar-refractivity contribution is 0.0596. The quantitative estimate of drug-likeness (QED) is 0.582. The van der Waals surface area contributed by atoms with E-state index in [2.05, 4.69) is 6.92 Å². The summed E-state index contributed by atoms with van der Waals surface area (Å²) in [6.07, 6.45) is 14.2. The van der Waals surface area contributed by atoms with Gasteiger partial charge in [-0.2, -0.15) is 0 Å². The van der Waals surface area contributed by atoms with Crippen LogP contribution in [0.1, 0.15) is 76.7 Å². The first-order chi connectivity index (χ1) is 12.6. The number of halogens is 2. The van der Waals surface area contributed by atoms with Crippen LogP contribution in [0, 0.1) is 35.3 Å². The minimum absolute atomic E-state index is 0.184. The molecule has 2 saturated carbocycles. The minimum atomic E-state index is -0.796. The van der Waals surface area contributed by atoms with Crippen LogP contribution in [0.3, 0.4) is 0 Å². The molecule has 2 fully saturated rings. The van der Waals surface area contributed by atoms with Crippen LogP contribution in [0.5, 0.6) is 5.75 Å². The van der Waals surface area contributed by atoms with E-state index in [4.69, 9.17) is 4.74 Å². The van der Waals surface area contributed by atoms with Crippen molar-refractivity contribution in [2.75, 3.05) is 0 Å². The molecule has 0 spiro atoms. The highest BCUT2D eigenvalue weighted by Gasteiger charge is 2.35. The molecule has 144 valence electrons. The SMILES string of the molecule is CCC1CCC(C2CCC(C3CCc4cc(F)c(F)cc4O3)CC2)CC1. The smallest absolute Gasteiger partial charge is 0.162 e. The first-order valence-corrected chi connectivity index (χ1v) is 10.8. The fraction of sp³-hybridized carbons (Fsp3) is 0.739. The van der Waals surface area contributed by atoms with Gasteiger partial charge >= 0.3 is 0 Å². The summed E-state index contributed by atoms with van der Waals surface area (Å²) in [7, 11) is 0. The van der Waals surface area contributed by atoms with Crippen molar-refractivity contribution in [2.45, 2.75) is 83.7 Å². The van der Waals surface area contributed by atoms with Crippen LogP contribution in [0.15, 0.2) is 12.1 Å². The van der Waals surface area contributed by atoms with Gasteiger partial charge in [0.15, 0.2) is 11.6 Å². The third-order valence-electron chi connectivity index (χ3n) is 7.56. The van der Waals surface area contributed by atoms with E-state index in [1.54, 1.807) is 0 Å². The molecule has 0 N–H and O–H groups in total. The maximum atomic E-state index is 13.5. The van der Waals surface area contributed by atoms with Gasteiger partial charge in [-0.25, -0.2) is 8.78 Å². The third-order valence-corrected chi connectivity index (χ3v) is 7.56. The fourth-order valence-corrected chi connectivity index (χ4v) is 5.78. The predicted molar refractivity (Wildman–Crippen MR) is 100 cm³/mol. The lowest BCUT2D eigenvalue weighted by Crippen LogP contribution is -2.35. The molecular weight excluding hydrogens is 330 g/mol. The van der Waals surface area contributed by atoms with Crippen molar-refractivity contribution in [3.63, 3.8) is 0 Å². The van der Waals surface area contributed by atoms with E-state index in [1.165, 1.54) is 69.9 Å². The fourth-order valence-electron chi connectivity index (χ4n) is 5.78. The summed E-state index contributed by atoms with van der Waals surface area (Å²) in [5.74, 6) is 2.43. The first kappa shape index (κ1) is 18.3. The Labute approximate surface area is 156 Å². The van der Waals surface area contributed by atoms with Gasteiger partial charge in [0, 0.05) is 6.07 Å². The van der Waals surface area contributed by atoms with Crippen LogP contribution in [-0.2, 0) is 6.42 Å². The number of benzene rings is 1. The molecule has 0 radical (unpaired) electrons. The van der Waals surface area contributed by atoms with Crippen molar-refractivity contribution in [3.8, 4) is 5.75 Å². The maximum absolute atomic E-state index is 13.5. The first-order valence-electron chi connectivity index (χ1n) is 10.8. The third kappa shape index (κ3) is 3.77. The molecule has 4 rings (SSSR count). The largest absolute Gasteiger partial charge is 0.490 e. The number of fused-ring (bicyclic) bond motifs is 1. The van der Waals surface area contributed by atoms with E-state index in [9.17, 15) is 8.78 Å². The molecule has 3 aliphatic rings. The number of rotatable bonds is 3. The van der Waals surface area contributed by atoms with E-state index in [0.29, 0.717) is 11.7 Å². The Hall–Kier alpha value is -1.12. The summed E-state index contributed by atoms with van der Waals surface area (Å²) >= 11 is 0. The van der Waals surface area contributed by atoms with Crippen LogP contribution in [-0.4, -0.2) is 6.10 Å². The molecule has 2 aliphatic carbocycles. The Morgan fingerprint density at radius 2 is 1.38 bits per heavy atom. The van der Waals surface area contributed by atoms with Gasteiger partial charge in [-0.05, 0) is 86.7 Å². The highest BCUT2D eigenvalue weighted by molar-refractivity contribution is 5.36. The zero-order chi connectivity index (χ0) is 18.1. The highest BCUT2D eigenvalue weighted by Crippen LogP contribution is 2.44. The molecular formula is C23H32F2O. The second-order valence-electron chi connectivity index (χ2n) is 8.93. The van der Waals surface area contributed by atoms with Gasteiger partial charge in [0.05, 0.1) is 0 Å². The summed E-state index contributed by atoms with van der Waals surface area (Å²) < 4.78 is 33.0. The van der Waals surface area contributed by atoms with E-state index >= 15 is 0 Å². The number of aryl methyl sites for hydroxylation is 1. The summed E-state index contributed by atoms with van der Waals surface area (Å²) in [5.41, 5.74) is 0.821. The normalized spacial score (nSPS) is 34.8. The van der Waals surface area contributed by atoms with Crippen molar-refractivity contribution in [3.05, 3.63) is 29.3 Å². The molecule has 0 bridgehead atoms. The van der Waals surface area contributed by atoms with Gasteiger partial charge in [-0.15, -0.1) is 0 Å². The van der Waals surface area contributed by atoms with Gasteiger partial charge in [-0.1, -0.05) is 26.2 Å². The minimum Gasteiger partial charge on any atom is -0.490 e. The lowest BCUT2D eigenvalue weighted by atomic mass is 9.68. The summed E-state index contributed by atoms with van der Waals surface area (Å²) in [4.78, 5) is 0. The van der Waals surface area contributed by atoms with Crippen molar-refractivity contribution in [1.29, 1.82) is 0 Å². The maximum Gasteiger partial charge on any atom is 0.162 e. The van der Waals surface area contributed by atoms with Crippen molar-refractivity contribution < 1.29 is 13.5 Å². The molecule has 0 saturated heterocycles. The number of ether oxygens (including phenoxy) is 1. The second-order valence-corrected chi connectivity index (χ2v) is 8.93. The monoisotopic (exact) mass is 362 g/mol. The van der Waals surface area contributed by atoms with Crippen molar-refractivity contribution in [2.24, 2.45) is 23.7 Å². The van der Waals surface area contributed by atoms with E-state index < -0.39 is 11.6 Å². The van der Waals surface area contributed by atoms with Crippen LogP contribution < -0.4 is 4.74 Å². The van der Waals surface area contributed by atoms with Crippen molar-refractivity contribution >= 4 is 0 Å². The Morgan fingerprint density at radius 3 is 2.04 bits per heavy atom. The van der Waals surface area contributed by atoms with Gasteiger partial charge in [0.1, 0.15) is 11.9 Å². The molecule has 3 heteroatoms. The molecule has 1 aromatic rings. The van der Waals surface area contributed by atoms with Gasteiger partial charge < -0.3 is 4.74 Å². The van der Waals surface area contributed by atoms with E-state index in [-0.39, 0.29) is 6.10 Å². The highest BCUT2D eigenvalue weighted by atomic mass is 19.2. The predicted octanol–water partition coefficient (Wildman–Crippen LogP) is 6.68. The molecule has 0 amide bonds. The Bertz CT molecular complexity index is 613. The number of hydrogen-bond donors (Lipinski definition) is 0. The van der Waals surface area contributed by atoms with E-state index in [0.717, 1.165) is 36.2 Å². The summed E-state index contributed by atoms with van der Waals surface area (Å²) in [6, 6.07) is 2.55. The van der Waals surface area contributed by atoms with Crippen LogP contribution in [0.2, 0.25) is 0 Å². The van der Waals surface area contributed by atoms with Crippen LogP contribution >= 0.6 is 0 Å². The average Bonchev–Trinajstić information content (AvgIpc) is 2.69. The molecule has 0 aromatic heterocycles. The molecule has 1 aromatic carbocycles. The summed E-state index contributed by atoms with van der Waals surface area (Å²) in [6.45, 7) is 2.33. The molecule has 1 aliphatic heterocycles. The standard InChI is InChI=1S/C23H32F2O/c1-2-15-3-5-16(6-4-15)17-7-9-18(10-8-17)22-12-11-19-13-20(24)21(25)14-23(19)26-22/h13-18,22H,2-12H2,1H3. The Balaban J connectivity index is 1.30. The molecule has 1 heterocycles. The van der Waals surface area contributed by atoms with Crippen molar-refractivity contribution in [1.82, 2.24) is 0 Å². The molecule has 1 unspecified atom stereocenters. The Kier molecular flexibility index (Phi) is 5.52. The van der Waals surface area contributed by atoms with Gasteiger partial charge in [0.25, 0.3) is 0 Å². The molecule has 1 atom stereocenters. The Morgan fingerprint density at radius 1 is 0.808 bits per heavy atom. The lowest BCUT2D eigenvalue weighted by Gasteiger charge is -2.40. The van der Waals surface area contributed by atoms with Gasteiger partial charge in [0.2, 0.25) is 0 Å². The topological polar surface area (TPSA) is 9.23 Å². The second kappa shape index (κ2) is 7.86. The zero-order valence-corrected chi connectivity index (χ0v) is 16.0. The molecule has 26 heavy (non-hydrogen) atoms. The zero-order valence-electron chi connectivity index (χ0n) is 16.0. The average molecular weight is 363 g/mol.